The number of rotatable bonds is 3. The van der Waals surface area contributed by atoms with Crippen LogP contribution in [0.25, 0.3) is 11.3 Å². The number of carbonyl (C=O) groups is 1. The molecule has 0 spiro atoms. The Balaban J connectivity index is 2.69. The van der Waals surface area contributed by atoms with Crippen LogP contribution >= 0.6 is 0 Å². The first kappa shape index (κ1) is 12.0. The van der Waals surface area contributed by atoms with Crippen molar-refractivity contribution >= 4 is 11.8 Å². The van der Waals surface area contributed by atoms with E-state index in [1.165, 1.54) is 7.11 Å². The standard InChI is InChI=1S/C12H13N3O3/c1-6-3-4-8(18-2)7(5-6)10-9(12(16)17)11(13)15-14-10/h3-5H,1-2H3,(H,16,17)(H3,13,14,15). The molecule has 6 heteroatoms. The minimum absolute atomic E-state index is 0.0407. The van der Waals surface area contributed by atoms with E-state index in [0.29, 0.717) is 17.0 Å². The summed E-state index contributed by atoms with van der Waals surface area (Å²) in [6.07, 6.45) is 0. The lowest BCUT2D eigenvalue weighted by Crippen LogP contribution is -2.02. The SMILES string of the molecule is COc1ccc(C)cc1-c1[nH]nc(N)c1C(=O)O. The van der Waals surface area contributed by atoms with E-state index in [1.54, 1.807) is 6.07 Å². The van der Waals surface area contributed by atoms with Crippen LogP contribution < -0.4 is 10.5 Å². The molecule has 0 unspecified atom stereocenters. The van der Waals surface area contributed by atoms with Crippen LogP contribution in [0.1, 0.15) is 15.9 Å². The second kappa shape index (κ2) is 4.40. The molecule has 0 fully saturated rings. The topological polar surface area (TPSA) is 101 Å². The first-order valence-electron chi connectivity index (χ1n) is 5.26. The maximum Gasteiger partial charge on any atom is 0.341 e. The lowest BCUT2D eigenvalue weighted by atomic mass is 10.0. The number of hydrogen-bond donors (Lipinski definition) is 3. The van der Waals surface area contributed by atoms with Gasteiger partial charge in [-0.2, -0.15) is 5.10 Å². The number of ether oxygens (including phenoxy) is 1. The fourth-order valence-corrected chi connectivity index (χ4v) is 1.78. The van der Waals surface area contributed by atoms with Gasteiger partial charge in [-0.1, -0.05) is 11.6 Å². The van der Waals surface area contributed by atoms with Crippen LogP contribution in [0.5, 0.6) is 5.75 Å². The predicted octanol–water partition coefficient (Wildman–Crippen LogP) is 1.67. The lowest BCUT2D eigenvalue weighted by Gasteiger charge is -2.08. The fraction of sp³-hybridized carbons (Fsp3) is 0.167. The molecule has 1 aromatic heterocycles. The fourth-order valence-electron chi connectivity index (χ4n) is 1.78. The average Bonchev–Trinajstić information content (AvgIpc) is 2.71. The quantitative estimate of drug-likeness (QED) is 0.765. The van der Waals surface area contributed by atoms with Crippen LogP contribution in [0.3, 0.4) is 0 Å². The summed E-state index contributed by atoms with van der Waals surface area (Å²) in [5.41, 5.74) is 7.46. The second-order valence-electron chi connectivity index (χ2n) is 3.87. The van der Waals surface area contributed by atoms with E-state index < -0.39 is 5.97 Å². The summed E-state index contributed by atoms with van der Waals surface area (Å²) in [6.45, 7) is 1.91. The number of aromatic amines is 1. The molecular formula is C12H13N3O3. The number of anilines is 1. The van der Waals surface area contributed by atoms with Crippen LogP contribution in [0.15, 0.2) is 18.2 Å². The summed E-state index contributed by atoms with van der Waals surface area (Å²) < 4.78 is 5.22. The van der Waals surface area contributed by atoms with Crippen molar-refractivity contribution in [2.45, 2.75) is 6.92 Å². The Morgan fingerprint density at radius 2 is 2.22 bits per heavy atom. The molecular weight excluding hydrogens is 234 g/mol. The molecule has 94 valence electrons. The van der Waals surface area contributed by atoms with E-state index in [9.17, 15) is 4.79 Å². The Morgan fingerprint density at radius 3 is 2.83 bits per heavy atom. The second-order valence-corrected chi connectivity index (χ2v) is 3.87. The summed E-state index contributed by atoms with van der Waals surface area (Å²) in [5.74, 6) is -0.604. The van der Waals surface area contributed by atoms with Crippen molar-refractivity contribution in [3.8, 4) is 17.0 Å². The Hall–Kier alpha value is -2.50. The molecule has 18 heavy (non-hydrogen) atoms. The van der Waals surface area contributed by atoms with Crippen molar-refractivity contribution in [1.82, 2.24) is 10.2 Å². The van der Waals surface area contributed by atoms with Gasteiger partial charge in [0.25, 0.3) is 0 Å². The van der Waals surface area contributed by atoms with Crippen molar-refractivity contribution in [1.29, 1.82) is 0 Å². The summed E-state index contributed by atoms with van der Waals surface area (Å²) >= 11 is 0. The van der Waals surface area contributed by atoms with Crippen LogP contribution in [-0.2, 0) is 0 Å². The number of nitrogen functional groups attached to an aromatic ring is 1. The molecule has 0 saturated carbocycles. The van der Waals surface area contributed by atoms with Gasteiger partial charge in [-0.15, -0.1) is 0 Å². The Kier molecular flexibility index (Phi) is 2.93. The predicted molar refractivity (Wildman–Crippen MR) is 66.7 cm³/mol. The van der Waals surface area contributed by atoms with E-state index in [2.05, 4.69) is 10.2 Å². The van der Waals surface area contributed by atoms with E-state index in [1.807, 2.05) is 19.1 Å². The van der Waals surface area contributed by atoms with E-state index >= 15 is 0 Å². The molecule has 6 nitrogen and oxygen atoms in total. The van der Waals surface area contributed by atoms with Gasteiger partial charge < -0.3 is 15.6 Å². The number of aromatic nitrogens is 2. The van der Waals surface area contributed by atoms with Gasteiger partial charge >= 0.3 is 5.97 Å². The van der Waals surface area contributed by atoms with E-state index in [-0.39, 0.29) is 11.4 Å². The molecule has 0 radical (unpaired) electrons. The smallest absolute Gasteiger partial charge is 0.341 e. The molecule has 1 heterocycles. The summed E-state index contributed by atoms with van der Waals surface area (Å²) in [5, 5.41) is 15.5. The third-order valence-corrected chi connectivity index (χ3v) is 2.63. The number of methoxy groups -OCH3 is 1. The molecule has 0 aliphatic carbocycles. The highest BCUT2D eigenvalue weighted by Crippen LogP contribution is 2.33. The van der Waals surface area contributed by atoms with Gasteiger partial charge in [0.15, 0.2) is 5.82 Å². The summed E-state index contributed by atoms with van der Waals surface area (Å²) in [7, 11) is 1.52. The number of aromatic carboxylic acids is 1. The molecule has 0 aliphatic rings. The maximum absolute atomic E-state index is 11.2. The molecule has 2 aromatic rings. The number of nitrogens with zero attached hydrogens (tertiary/aromatic N) is 1. The van der Waals surface area contributed by atoms with Crippen LogP contribution in [0.2, 0.25) is 0 Å². The normalized spacial score (nSPS) is 10.3. The largest absolute Gasteiger partial charge is 0.496 e. The van der Waals surface area contributed by atoms with Crippen LogP contribution in [-0.4, -0.2) is 28.4 Å². The first-order valence-corrected chi connectivity index (χ1v) is 5.26. The third kappa shape index (κ3) is 1.88. The Morgan fingerprint density at radius 1 is 1.50 bits per heavy atom. The van der Waals surface area contributed by atoms with E-state index in [0.717, 1.165) is 5.56 Å². The molecule has 0 saturated heterocycles. The van der Waals surface area contributed by atoms with Gasteiger partial charge in [0.1, 0.15) is 11.3 Å². The molecule has 2 rings (SSSR count). The van der Waals surface area contributed by atoms with E-state index in [4.69, 9.17) is 15.6 Å². The van der Waals surface area contributed by atoms with Crippen molar-refractivity contribution in [3.05, 3.63) is 29.3 Å². The Labute approximate surface area is 103 Å². The zero-order valence-electron chi connectivity index (χ0n) is 10.0. The summed E-state index contributed by atoms with van der Waals surface area (Å²) in [6, 6.07) is 5.47. The van der Waals surface area contributed by atoms with Crippen molar-refractivity contribution in [2.75, 3.05) is 12.8 Å². The van der Waals surface area contributed by atoms with Crippen LogP contribution in [0, 0.1) is 6.92 Å². The molecule has 0 bridgehead atoms. The van der Waals surface area contributed by atoms with Gasteiger partial charge in [0, 0.05) is 5.56 Å². The number of hydrogen-bond acceptors (Lipinski definition) is 4. The van der Waals surface area contributed by atoms with Crippen molar-refractivity contribution in [2.24, 2.45) is 0 Å². The van der Waals surface area contributed by atoms with Gasteiger partial charge in [-0.3, -0.25) is 5.10 Å². The van der Waals surface area contributed by atoms with Gasteiger partial charge in [0.05, 0.1) is 12.8 Å². The number of nitrogens with one attached hydrogen (secondary N) is 1. The zero-order valence-corrected chi connectivity index (χ0v) is 10.0. The van der Waals surface area contributed by atoms with Gasteiger partial charge in [0.2, 0.25) is 0 Å². The molecule has 0 aliphatic heterocycles. The Bertz CT molecular complexity index is 605. The number of carboxylic acid groups (broad SMARTS) is 1. The van der Waals surface area contributed by atoms with Gasteiger partial charge in [-0.25, -0.2) is 4.79 Å². The number of aryl methyl sites for hydroxylation is 1. The zero-order chi connectivity index (χ0) is 13.3. The minimum atomic E-state index is -1.13. The molecule has 0 amide bonds. The molecule has 1 aromatic carbocycles. The summed E-state index contributed by atoms with van der Waals surface area (Å²) in [4.78, 5) is 11.2. The molecule has 0 atom stereocenters. The highest BCUT2D eigenvalue weighted by atomic mass is 16.5. The van der Waals surface area contributed by atoms with Crippen LogP contribution in [0.4, 0.5) is 5.82 Å². The number of carboxylic acids is 1. The monoisotopic (exact) mass is 247 g/mol. The highest BCUT2D eigenvalue weighted by Gasteiger charge is 2.21. The van der Waals surface area contributed by atoms with Crippen molar-refractivity contribution in [3.63, 3.8) is 0 Å². The number of benzene rings is 1. The maximum atomic E-state index is 11.2. The average molecular weight is 247 g/mol. The van der Waals surface area contributed by atoms with Crippen molar-refractivity contribution < 1.29 is 14.6 Å². The number of nitrogens with two attached hydrogens (primary N) is 1. The highest BCUT2D eigenvalue weighted by molar-refractivity contribution is 6.00. The minimum Gasteiger partial charge on any atom is -0.496 e. The third-order valence-electron chi connectivity index (χ3n) is 2.63. The molecule has 4 N–H and O–H groups in total. The lowest BCUT2D eigenvalue weighted by molar-refractivity contribution is 0.0699. The number of H-pyrrole nitrogens is 1. The first-order chi connectivity index (χ1) is 8.54. The van der Waals surface area contributed by atoms with Gasteiger partial charge in [-0.05, 0) is 19.1 Å².